The molecule has 0 bridgehead atoms. The van der Waals surface area contributed by atoms with Crippen molar-refractivity contribution in [3.63, 3.8) is 0 Å². The fourth-order valence-electron chi connectivity index (χ4n) is 1.87. The van der Waals surface area contributed by atoms with Crippen molar-refractivity contribution >= 4 is 5.69 Å². The lowest BCUT2D eigenvalue weighted by molar-refractivity contribution is -0.385. The summed E-state index contributed by atoms with van der Waals surface area (Å²) in [6.07, 6.45) is 0. The number of benzene rings is 2. The largest absolute Gasteiger partial charge is 0.497 e. The number of ether oxygens (including phenoxy) is 3. The molecule has 2 rings (SSSR count). The highest BCUT2D eigenvalue weighted by Crippen LogP contribution is 2.27. The number of nitro benzene ring substituents is 1. The molecule has 0 aromatic heterocycles. The minimum absolute atomic E-state index is 0.0368. The molecule has 0 saturated heterocycles. The van der Waals surface area contributed by atoms with Crippen molar-refractivity contribution in [3.8, 4) is 17.2 Å². The molecule has 0 aliphatic rings. The van der Waals surface area contributed by atoms with Crippen molar-refractivity contribution in [2.24, 2.45) is 0 Å². The molecule has 6 nitrogen and oxygen atoms in total. The summed E-state index contributed by atoms with van der Waals surface area (Å²) in [5.74, 6) is 0.318. The van der Waals surface area contributed by atoms with Gasteiger partial charge >= 0.3 is 0 Å². The highest BCUT2D eigenvalue weighted by atomic mass is 19.1. The van der Waals surface area contributed by atoms with E-state index in [1.54, 1.807) is 18.2 Å². The Hall–Kier alpha value is -2.83. The molecule has 0 saturated carbocycles. The monoisotopic (exact) mass is 307 g/mol. The molecule has 0 fully saturated rings. The molecule has 22 heavy (non-hydrogen) atoms. The van der Waals surface area contributed by atoms with E-state index >= 15 is 0 Å². The summed E-state index contributed by atoms with van der Waals surface area (Å²) in [5.41, 5.74) is 0.336. The molecule has 0 aliphatic carbocycles. The van der Waals surface area contributed by atoms with Crippen molar-refractivity contribution in [2.45, 2.75) is 6.61 Å². The quantitative estimate of drug-likeness (QED) is 0.604. The van der Waals surface area contributed by atoms with Gasteiger partial charge in [-0.3, -0.25) is 10.1 Å². The van der Waals surface area contributed by atoms with Crippen LogP contribution in [0.5, 0.6) is 17.2 Å². The smallest absolute Gasteiger partial charge is 0.272 e. The van der Waals surface area contributed by atoms with E-state index < -0.39 is 10.7 Å². The first-order chi connectivity index (χ1) is 10.5. The molecule has 116 valence electrons. The second kappa shape index (κ2) is 6.75. The van der Waals surface area contributed by atoms with Gasteiger partial charge in [0.25, 0.3) is 5.69 Å². The highest BCUT2D eigenvalue weighted by molar-refractivity contribution is 5.41. The Bertz CT molecular complexity index is 690. The molecule has 0 amide bonds. The lowest BCUT2D eigenvalue weighted by atomic mass is 10.2. The summed E-state index contributed by atoms with van der Waals surface area (Å²) in [6, 6.07) is 8.38. The molecule has 2 aromatic carbocycles. The van der Waals surface area contributed by atoms with Crippen LogP contribution in [-0.4, -0.2) is 19.1 Å². The van der Waals surface area contributed by atoms with Gasteiger partial charge in [-0.2, -0.15) is 0 Å². The van der Waals surface area contributed by atoms with Crippen molar-refractivity contribution < 1.29 is 23.5 Å². The summed E-state index contributed by atoms with van der Waals surface area (Å²) < 4.78 is 29.4. The van der Waals surface area contributed by atoms with Gasteiger partial charge < -0.3 is 14.2 Å². The second-order valence-corrected chi connectivity index (χ2v) is 4.34. The van der Waals surface area contributed by atoms with Crippen LogP contribution in [0.3, 0.4) is 0 Å². The number of non-ortho nitro benzene ring substituents is 1. The Morgan fingerprint density at radius 1 is 1.09 bits per heavy atom. The average molecular weight is 307 g/mol. The van der Waals surface area contributed by atoms with Gasteiger partial charge in [-0.05, 0) is 24.3 Å². The number of halogens is 1. The third kappa shape index (κ3) is 3.43. The second-order valence-electron chi connectivity index (χ2n) is 4.34. The molecule has 2 aromatic rings. The van der Waals surface area contributed by atoms with Gasteiger partial charge in [0.15, 0.2) is 11.6 Å². The summed E-state index contributed by atoms with van der Waals surface area (Å²) in [6.45, 7) is 0.0368. The number of nitrogens with zero attached hydrogens (tertiary/aromatic N) is 1. The first-order valence-corrected chi connectivity index (χ1v) is 6.32. The van der Waals surface area contributed by atoms with E-state index in [9.17, 15) is 14.5 Å². The van der Waals surface area contributed by atoms with Crippen LogP contribution in [0.25, 0.3) is 0 Å². The summed E-state index contributed by atoms with van der Waals surface area (Å²) in [5, 5.41) is 10.6. The van der Waals surface area contributed by atoms with Crippen LogP contribution >= 0.6 is 0 Å². The number of rotatable bonds is 6. The van der Waals surface area contributed by atoms with Crippen molar-refractivity contribution in [2.75, 3.05) is 14.2 Å². The van der Waals surface area contributed by atoms with E-state index in [2.05, 4.69) is 0 Å². The molecular formula is C15H14FNO5. The SMILES string of the molecule is COc1ccc(OC)c(COc2ccc([N+](=O)[O-])cc2F)c1. The number of nitro groups is 1. The van der Waals surface area contributed by atoms with Gasteiger partial charge in [-0.1, -0.05) is 0 Å². The van der Waals surface area contributed by atoms with Crippen LogP contribution in [0.2, 0.25) is 0 Å². The first kappa shape index (κ1) is 15.6. The Balaban J connectivity index is 2.18. The molecule has 0 unspecified atom stereocenters. The minimum Gasteiger partial charge on any atom is -0.497 e. The zero-order valence-electron chi connectivity index (χ0n) is 12.0. The van der Waals surface area contributed by atoms with Gasteiger partial charge in [0.05, 0.1) is 25.2 Å². The van der Waals surface area contributed by atoms with Gasteiger partial charge in [0.2, 0.25) is 0 Å². The van der Waals surface area contributed by atoms with Crippen molar-refractivity contribution in [1.82, 2.24) is 0 Å². The fourth-order valence-corrected chi connectivity index (χ4v) is 1.87. The van der Waals surface area contributed by atoms with Crippen molar-refractivity contribution in [1.29, 1.82) is 0 Å². The van der Waals surface area contributed by atoms with Gasteiger partial charge in [-0.15, -0.1) is 0 Å². The predicted molar refractivity (Wildman–Crippen MR) is 76.9 cm³/mol. The molecule has 7 heteroatoms. The zero-order valence-corrected chi connectivity index (χ0v) is 12.0. The fraction of sp³-hybridized carbons (Fsp3) is 0.200. The summed E-state index contributed by atoms with van der Waals surface area (Å²) >= 11 is 0. The van der Waals surface area contributed by atoms with E-state index in [1.165, 1.54) is 26.4 Å². The zero-order chi connectivity index (χ0) is 16.1. The molecule has 0 aliphatic heterocycles. The maximum atomic E-state index is 13.8. The first-order valence-electron chi connectivity index (χ1n) is 6.32. The minimum atomic E-state index is -0.795. The van der Waals surface area contributed by atoms with Crippen molar-refractivity contribution in [3.05, 3.63) is 57.9 Å². The Morgan fingerprint density at radius 3 is 2.41 bits per heavy atom. The van der Waals surface area contributed by atoms with Crippen LogP contribution in [-0.2, 0) is 6.61 Å². The molecule has 0 atom stereocenters. The Labute approximate surface area is 126 Å². The highest BCUT2D eigenvalue weighted by Gasteiger charge is 2.13. The summed E-state index contributed by atoms with van der Waals surface area (Å²) in [7, 11) is 3.04. The van der Waals surface area contributed by atoms with Crippen LogP contribution < -0.4 is 14.2 Å². The number of methoxy groups -OCH3 is 2. The van der Waals surface area contributed by atoms with E-state index in [-0.39, 0.29) is 18.0 Å². The van der Waals surface area contributed by atoms with E-state index in [4.69, 9.17) is 14.2 Å². The molecule has 0 heterocycles. The van der Waals surface area contributed by atoms with Crippen LogP contribution in [0, 0.1) is 15.9 Å². The number of hydrogen-bond acceptors (Lipinski definition) is 5. The molecule has 0 radical (unpaired) electrons. The van der Waals surface area contributed by atoms with Crippen LogP contribution in [0.15, 0.2) is 36.4 Å². The van der Waals surface area contributed by atoms with E-state index in [0.29, 0.717) is 17.1 Å². The van der Waals surface area contributed by atoms with Crippen LogP contribution in [0.4, 0.5) is 10.1 Å². The molecular weight excluding hydrogens is 293 g/mol. The van der Waals surface area contributed by atoms with E-state index in [1.807, 2.05) is 0 Å². The van der Waals surface area contributed by atoms with Gasteiger partial charge in [0, 0.05) is 11.6 Å². The maximum Gasteiger partial charge on any atom is 0.272 e. The standard InChI is InChI=1S/C15H14FNO5/c1-20-12-4-6-14(21-2)10(7-12)9-22-15-5-3-11(17(18)19)8-13(15)16/h3-8H,9H2,1-2H3. The third-order valence-electron chi connectivity index (χ3n) is 3.00. The predicted octanol–water partition coefficient (Wildman–Crippen LogP) is 3.33. The van der Waals surface area contributed by atoms with Crippen LogP contribution in [0.1, 0.15) is 5.56 Å². The molecule has 0 spiro atoms. The average Bonchev–Trinajstić information content (AvgIpc) is 2.53. The van der Waals surface area contributed by atoms with E-state index in [0.717, 1.165) is 6.07 Å². The summed E-state index contributed by atoms with van der Waals surface area (Å²) in [4.78, 5) is 9.90. The topological polar surface area (TPSA) is 70.8 Å². The maximum absolute atomic E-state index is 13.8. The lowest BCUT2D eigenvalue weighted by Crippen LogP contribution is -2.01. The normalized spacial score (nSPS) is 10.1. The van der Waals surface area contributed by atoms with Gasteiger partial charge in [-0.25, -0.2) is 4.39 Å². The lowest BCUT2D eigenvalue weighted by Gasteiger charge is -2.12. The third-order valence-corrected chi connectivity index (χ3v) is 3.00. The Morgan fingerprint density at radius 2 is 1.82 bits per heavy atom. The molecule has 0 N–H and O–H groups in total. The Kier molecular flexibility index (Phi) is 4.77. The number of hydrogen-bond donors (Lipinski definition) is 0. The van der Waals surface area contributed by atoms with Gasteiger partial charge in [0.1, 0.15) is 18.1 Å².